The number of fused-ring (bicyclic) bond motifs is 4. The first-order valence-electron chi connectivity index (χ1n) is 11.1. The van der Waals surface area contributed by atoms with E-state index in [1.807, 2.05) is 15.5 Å². The van der Waals surface area contributed by atoms with E-state index in [1.165, 1.54) is 6.26 Å². The number of likely N-dealkylation sites (tertiary alicyclic amines) is 2. The number of anilines is 1. The molecule has 3 aliphatic heterocycles. The van der Waals surface area contributed by atoms with Gasteiger partial charge in [-0.05, 0) is 49.4 Å². The van der Waals surface area contributed by atoms with E-state index in [1.54, 1.807) is 25.1 Å². The number of rotatable bonds is 3. The van der Waals surface area contributed by atoms with Crippen LogP contribution in [0.5, 0.6) is 0 Å². The summed E-state index contributed by atoms with van der Waals surface area (Å²) in [7, 11) is 0. The van der Waals surface area contributed by atoms with Crippen LogP contribution in [0.15, 0.2) is 39.7 Å². The number of hydrogen-bond donors (Lipinski definition) is 1. The highest BCUT2D eigenvalue weighted by Crippen LogP contribution is 2.37. The SMILES string of the molecule is CC(=O)N1CCC(N2C[C@@H]3C[C@H](C2)c2ccc(NC(=O)c4ccco4)c(=O)n2C3)CC1. The molecule has 2 bridgehead atoms. The number of carbonyl (C=O) groups excluding carboxylic acids is 2. The quantitative estimate of drug-likeness (QED) is 0.816. The number of aromatic nitrogens is 1. The van der Waals surface area contributed by atoms with Crippen molar-refractivity contribution < 1.29 is 14.0 Å². The Morgan fingerprint density at radius 3 is 2.61 bits per heavy atom. The molecule has 0 saturated carbocycles. The molecule has 2 aromatic heterocycles. The Bertz CT molecular complexity index is 1040. The Morgan fingerprint density at radius 1 is 1.10 bits per heavy atom. The van der Waals surface area contributed by atoms with Gasteiger partial charge in [0.15, 0.2) is 5.76 Å². The monoisotopic (exact) mass is 424 g/mol. The van der Waals surface area contributed by atoms with Crippen molar-refractivity contribution in [3.8, 4) is 0 Å². The normalized spacial score (nSPS) is 24.0. The molecule has 0 aliphatic carbocycles. The van der Waals surface area contributed by atoms with Gasteiger partial charge in [-0.25, -0.2) is 0 Å². The fraction of sp³-hybridized carbons (Fsp3) is 0.522. The van der Waals surface area contributed by atoms with Crippen molar-refractivity contribution >= 4 is 17.5 Å². The van der Waals surface area contributed by atoms with Gasteiger partial charge in [-0.3, -0.25) is 19.3 Å². The third-order valence-corrected chi connectivity index (χ3v) is 7.05. The molecule has 0 aromatic carbocycles. The number of amides is 2. The topological polar surface area (TPSA) is 87.8 Å². The summed E-state index contributed by atoms with van der Waals surface area (Å²) < 4.78 is 6.98. The van der Waals surface area contributed by atoms with Crippen LogP contribution in [0.2, 0.25) is 0 Å². The number of furan rings is 1. The summed E-state index contributed by atoms with van der Waals surface area (Å²) in [5, 5.41) is 2.69. The third-order valence-electron chi connectivity index (χ3n) is 7.05. The number of pyridine rings is 1. The van der Waals surface area contributed by atoms with Gasteiger partial charge in [-0.2, -0.15) is 0 Å². The van der Waals surface area contributed by atoms with Crippen LogP contribution in [0.25, 0.3) is 0 Å². The second-order valence-corrected chi connectivity index (χ2v) is 9.01. The van der Waals surface area contributed by atoms with Gasteiger partial charge in [0, 0.05) is 57.3 Å². The highest BCUT2D eigenvalue weighted by Gasteiger charge is 2.38. The van der Waals surface area contributed by atoms with Crippen LogP contribution in [0.1, 0.15) is 48.4 Å². The maximum Gasteiger partial charge on any atom is 0.291 e. The molecule has 2 fully saturated rings. The summed E-state index contributed by atoms with van der Waals surface area (Å²) in [6.07, 6.45) is 4.57. The van der Waals surface area contributed by atoms with Crippen LogP contribution < -0.4 is 10.9 Å². The second kappa shape index (κ2) is 8.00. The Kier molecular flexibility index (Phi) is 5.17. The minimum Gasteiger partial charge on any atom is -0.459 e. The molecular formula is C23H28N4O4. The van der Waals surface area contributed by atoms with E-state index in [4.69, 9.17) is 4.42 Å². The minimum atomic E-state index is -0.415. The Labute approximate surface area is 180 Å². The molecule has 2 saturated heterocycles. The van der Waals surface area contributed by atoms with Crippen LogP contribution in [-0.2, 0) is 11.3 Å². The van der Waals surface area contributed by atoms with Gasteiger partial charge >= 0.3 is 0 Å². The molecule has 3 aliphatic rings. The lowest BCUT2D eigenvalue weighted by Crippen LogP contribution is -2.53. The second-order valence-electron chi connectivity index (χ2n) is 9.01. The molecule has 31 heavy (non-hydrogen) atoms. The number of hydrogen-bond acceptors (Lipinski definition) is 5. The van der Waals surface area contributed by atoms with Crippen molar-refractivity contribution in [2.45, 2.75) is 44.7 Å². The van der Waals surface area contributed by atoms with Crippen molar-refractivity contribution in [2.24, 2.45) is 5.92 Å². The number of nitrogens with zero attached hydrogens (tertiary/aromatic N) is 3. The average molecular weight is 425 g/mol. The van der Waals surface area contributed by atoms with Crippen molar-refractivity contribution in [1.82, 2.24) is 14.4 Å². The molecule has 164 valence electrons. The molecule has 5 heterocycles. The van der Waals surface area contributed by atoms with E-state index in [9.17, 15) is 14.4 Å². The summed E-state index contributed by atoms with van der Waals surface area (Å²) in [6.45, 7) is 5.92. The van der Waals surface area contributed by atoms with E-state index in [0.29, 0.717) is 30.1 Å². The van der Waals surface area contributed by atoms with Crippen LogP contribution in [0.3, 0.4) is 0 Å². The first-order chi connectivity index (χ1) is 15.0. The zero-order chi connectivity index (χ0) is 21.5. The van der Waals surface area contributed by atoms with Gasteiger partial charge in [-0.1, -0.05) is 0 Å². The standard InChI is InChI=1S/C23H28N4O4/c1-15(28)25-8-6-18(7-9-25)26-12-16-11-17(14-26)20-5-4-19(23(30)27(20)13-16)24-22(29)21-3-2-10-31-21/h2-5,10,16-18H,6-9,11-14H2,1H3,(H,24,29)/t16-,17+/m0/s1. The molecule has 0 spiro atoms. The van der Waals surface area contributed by atoms with Crippen molar-refractivity contribution in [2.75, 3.05) is 31.5 Å². The van der Waals surface area contributed by atoms with E-state index < -0.39 is 5.91 Å². The molecule has 5 rings (SSSR count). The molecule has 0 radical (unpaired) electrons. The molecule has 2 atom stereocenters. The lowest BCUT2D eigenvalue weighted by Gasteiger charge is -2.47. The number of carbonyl (C=O) groups is 2. The van der Waals surface area contributed by atoms with E-state index in [-0.39, 0.29) is 17.2 Å². The van der Waals surface area contributed by atoms with Crippen LogP contribution >= 0.6 is 0 Å². The fourth-order valence-electron chi connectivity index (χ4n) is 5.51. The Balaban J connectivity index is 1.31. The molecule has 8 nitrogen and oxygen atoms in total. The fourth-order valence-corrected chi connectivity index (χ4v) is 5.51. The van der Waals surface area contributed by atoms with Gasteiger partial charge in [0.05, 0.1) is 6.26 Å². The maximum absolute atomic E-state index is 13.1. The summed E-state index contributed by atoms with van der Waals surface area (Å²) in [6, 6.07) is 7.43. The third kappa shape index (κ3) is 3.80. The number of piperidine rings is 2. The van der Waals surface area contributed by atoms with E-state index >= 15 is 0 Å². The molecule has 2 amide bonds. The molecular weight excluding hydrogens is 396 g/mol. The Hall–Kier alpha value is -2.87. The van der Waals surface area contributed by atoms with Gasteiger partial charge in [0.2, 0.25) is 5.91 Å². The van der Waals surface area contributed by atoms with E-state index in [2.05, 4.69) is 10.2 Å². The summed E-state index contributed by atoms with van der Waals surface area (Å²) in [4.78, 5) is 41.5. The van der Waals surface area contributed by atoms with Crippen molar-refractivity contribution in [1.29, 1.82) is 0 Å². The van der Waals surface area contributed by atoms with Crippen molar-refractivity contribution in [3.63, 3.8) is 0 Å². The maximum atomic E-state index is 13.1. The lowest BCUT2D eigenvalue weighted by molar-refractivity contribution is -0.130. The smallest absolute Gasteiger partial charge is 0.291 e. The number of nitrogens with one attached hydrogen (secondary N) is 1. The first-order valence-corrected chi connectivity index (χ1v) is 11.1. The highest BCUT2D eigenvalue weighted by atomic mass is 16.3. The highest BCUT2D eigenvalue weighted by molar-refractivity contribution is 6.02. The molecule has 8 heteroatoms. The minimum absolute atomic E-state index is 0.143. The van der Waals surface area contributed by atoms with Gasteiger partial charge in [0.25, 0.3) is 11.5 Å². The van der Waals surface area contributed by atoms with Crippen LogP contribution in [-0.4, -0.2) is 58.4 Å². The molecule has 2 aromatic rings. The zero-order valence-electron chi connectivity index (χ0n) is 17.8. The van der Waals surface area contributed by atoms with Gasteiger partial charge in [0.1, 0.15) is 5.69 Å². The first kappa shape index (κ1) is 20.1. The van der Waals surface area contributed by atoms with Crippen LogP contribution in [0.4, 0.5) is 5.69 Å². The summed E-state index contributed by atoms with van der Waals surface area (Å²) in [5.41, 5.74) is 1.21. The predicted octanol–water partition coefficient (Wildman–Crippen LogP) is 2.12. The lowest BCUT2D eigenvalue weighted by atomic mass is 9.82. The van der Waals surface area contributed by atoms with Gasteiger partial charge < -0.3 is 19.2 Å². The molecule has 0 unspecified atom stereocenters. The molecule has 1 N–H and O–H groups in total. The largest absolute Gasteiger partial charge is 0.459 e. The Morgan fingerprint density at radius 2 is 1.90 bits per heavy atom. The van der Waals surface area contributed by atoms with Gasteiger partial charge in [-0.15, -0.1) is 0 Å². The van der Waals surface area contributed by atoms with Crippen molar-refractivity contribution in [3.05, 3.63) is 52.3 Å². The zero-order valence-corrected chi connectivity index (χ0v) is 17.8. The summed E-state index contributed by atoms with van der Waals surface area (Å²) >= 11 is 0. The van der Waals surface area contributed by atoms with Crippen LogP contribution in [0, 0.1) is 5.92 Å². The average Bonchev–Trinajstić information content (AvgIpc) is 3.31. The predicted molar refractivity (Wildman–Crippen MR) is 115 cm³/mol. The summed E-state index contributed by atoms with van der Waals surface area (Å²) in [5.74, 6) is 0.677. The van der Waals surface area contributed by atoms with E-state index in [0.717, 1.165) is 51.1 Å².